The van der Waals surface area contributed by atoms with Crippen LogP contribution >= 0.6 is 9.12 Å². The van der Waals surface area contributed by atoms with Crippen LogP contribution in [-0.4, -0.2) is 39.3 Å². The van der Waals surface area contributed by atoms with Gasteiger partial charge in [0.25, 0.3) is 0 Å². The summed E-state index contributed by atoms with van der Waals surface area (Å²) in [5.41, 5.74) is 0. The van der Waals surface area contributed by atoms with Crippen molar-refractivity contribution in [2.24, 2.45) is 0 Å². The Labute approximate surface area is 69.7 Å². The smallest absolute Gasteiger partial charge is 0.138 e. The van der Waals surface area contributed by atoms with Gasteiger partial charge in [0, 0.05) is 39.3 Å². The summed E-state index contributed by atoms with van der Waals surface area (Å²) in [4.78, 5) is 0. The van der Waals surface area contributed by atoms with Crippen molar-refractivity contribution in [2.75, 3.05) is 39.3 Å². The van der Waals surface area contributed by atoms with Gasteiger partial charge in [-0.25, -0.2) is 0 Å². The van der Waals surface area contributed by atoms with Crippen molar-refractivity contribution >= 4 is 9.12 Å². The zero-order valence-electron chi connectivity index (χ0n) is 6.65. The van der Waals surface area contributed by atoms with Crippen molar-refractivity contribution in [3.8, 4) is 0 Å². The third kappa shape index (κ3) is 71.6. The van der Waals surface area contributed by atoms with Crippen LogP contribution in [0.4, 0.5) is 0 Å². The van der Waals surface area contributed by atoms with Gasteiger partial charge in [0.05, 0.1) is 0 Å². The van der Waals surface area contributed by atoms with Crippen molar-refractivity contribution < 1.29 is 4.57 Å². The molecule has 0 atom stereocenters. The lowest BCUT2D eigenvalue weighted by molar-refractivity contribution is 0.607. The molecule has 0 bridgehead atoms. The lowest BCUT2D eigenvalue weighted by Gasteiger charge is -1.21. The van der Waals surface area contributed by atoms with Crippen LogP contribution in [0.1, 0.15) is 0 Å². The van der Waals surface area contributed by atoms with Crippen LogP contribution in [0.3, 0.4) is 0 Å². The highest BCUT2D eigenvalue weighted by molar-refractivity contribution is 7.00. The molecule has 3 aliphatic heterocycles. The molecule has 3 fully saturated rings. The van der Waals surface area contributed by atoms with E-state index in [1.54, 1.807) is 9.12 Å². The molecule has 0 aromatic carbocycles. The average Bonchev–Trinajstić information content (AvgIpc) is 2.99. The van der Waals surface area contributed by atoms with Crippen molar-refractivity contribution in [3.05, 3.63) is 0 Å². The van der Waals surface area contributed by atoms with E-state index >= 15 is 0 Å². The minimum Gasteiger partial charge on any atom is -0.314 e. The van der Waals surface area contributed by atoms with E-state index < -0.39 is 0 Å². The third-order valence-corrected chi connectivity index (χ3v) is 0.750. The molecule has 3 saturated heterocycles. The summed E-state index contributed by atoms with van der Waals surface area (Å²) in [5, 5.41) is 9.00. The lowest BCUT2D eigenvalue weighted by Crippen LogP contribution is -1.56. The fraction of sp³-hybridized carbons (Fsp3) is 1.00. The predicted molar refractivity (Wildman–Crippen MR) is 47.6 cm³/mol. The Morgan fingerprint density at radius 3 is 0.727 bits per heavy atom. The lowest BCUT2D eigenvalue weighted by atomic mass is 11.0. The van der Waals surface area contributed by atoms with E-state index in [1.165, 1.54) is 39.3 Å². The van der Waals surface area contributed by atoms with E-state index in [-0.39, 0.29) is 0 Å². The van der Waals surface area contributed by atoms with E-state index in [4.69, 9.17) is 4.57 Å². The summed E-state index contributed by atoms with van der Waals surface area (Å²) < 4.78 is 8.06. The van der Waals surface area contributed by atoms with Gasteiger partial charge in [0.15, 0.2) is 0 Å². The second-order valence-corrected chi connectivity index (χ2v) is 2.25. The van der Waals surface area contributed by atoms with Gasteiger partial charge in [-0.1, -0.05) is 0 Å². The molecule has 0 aromatic heterocycles. The van der Waals surface area contributed by atoms with Gasteiger partial charge in [0.2, 0.25) is 0 Å². The minimum atomic E-state index is 1.25. The molecule has 4 nitrogen and oxygen atoms in total. The van der Waals surface area contributed by atoms with Crippen LogP contribution in [0.15, 0.2) is 0 Å². The maximum atomic E-state index is 8.06. The molecule has 0 spiro atoms. The zero-order valence-corrected chi connectivity index (χ0v) is 7.65. The molecule has 3 heterocycles. The van der Waals surface area contributed by atoms with E-state index in [0.717, 1.165) is 0 Å². The highest BCUT2D eigenvalue weighted by Gasteiger charge is 1.91. The molecule has 3 aliphatic rings. The summed E-state index contributed by atoms with van der Waals surface area (Å²) in [5.74, 6) is 0. The SMILES string of the molecule is C1CN1.C1CN1.C1CN1.O=P. The summed E-state index contributed by atoms with van der Waals surface area (Å²) in [7, 11) is 1.72. The monoisotopic (exact) mass is 177 g/mol. The minimum absolute atomic E-state index is 1.25. The number of rotatable bonds is 0. The topological polar surface area (TPSA) is 82.9 Å². The molecule has 5 heteroatoms. The van der Waals surface area contributed by atoms with Gasteiger partial charge in [-0.05, 0) is 0 Å². The molecule has 66 valence electrons. The predicted octanol–water partition coefficient (Wildman–Crippen LogP) is -0.756. The van der Waals surface area contributed by atoms with Gasteiger partial charge >= 0.3 is 0 Å². The largest absolute Gasteiger partial charge is 0.314 e. The standard InChI is InChI=1S/3C2H5N.HOP/c3*1-2-3-1;1-2/h3*3H,1-2H2;2H. The Hall–Kier alpha value is -0.0200. The average molecular weight is 177 g/mol. The van der Waals surface area contributed by atoms with Gasteiger partial charge in [-0.2, -0.15) is 0 Å². The molecule has 0 amide bonds. The van der Waals surface area contributed by atoms with Crippen LogP contribution in [0.25, 0.3) is 0 Å². The van der Waals surface area contributed by atoms with Crippen LogP contribution in [0, 0.1) is 0 Å². The first-order chi connectivity index (χ1) is 5.50. The Kier molecular flexibility index (Phi) is 9.96. The molecule has 0 radical (unpaired) electrons. The Morgan fingerprint density at radius 2 is 0.727 bits per heavy atom. The van der Waals surface area contributed by atoms with E-state index in [1.807, 2.05) is 0 Å². The number of hydrogen-bond acceptors (Lipinski definition) is 4. The highest BCUT2D eigenvalue weighted by Crippen LogP contribution is 1.65. The number of nitrogens with one attached hydrogen (secondary N) is 3. The molecular formula is C6H16N3OP. The van der Waals surface area contributed by atoms with E-state index in [9.17, 15) is 0 Å². The van der Waals surface area contributed by atoms with Gasteiger partial charge in [0.1, 0.15) is 9.12 Å². The third-order valence-electron chi connectivity index (χ3n) is 0.750. The second-order valence-electron chi connectivity index (χ2n) is 2.25. The molecule has 3 rings (SSSR count). The van der Waals surface area contributed by atoms with E-state index in [2.05, 4.69) is 16.0 Å². The fourth-order valence-electron chi connectivity index (χ4n) is 0. The highest BCUT2D eigenvalue weighted by atomic mass is 31.0. The van der Waals surface area contributed by atoms with Crippen molar-refractivity contribution in [3.63, 3.8) is 0 Å². The van der Waals surface area contributed by atoms with Crippen LogP contribution < -0.4 is 16.0 Å². The Morgan fingerprint density at radius 1 is 0.636 bits per heavy atom. The summed E-state index contributed by atoms with van der Waals surface area (Å²) in [6, 6.07) is 0. The van der Waals surface area contributed by atoms with Crippen LogP contribution in [0.2, 0.25) is 0 Å². The van der Waals surface area contributed by atoms with Gasteiger partial charge in [-0.3, -0.25) is 4.57 Å². The first-order valence-corrected chi connectivity index (χ1v) is 4.23. The van der Waals surface area contributed by atoms with E-state index in [0.29, 0.717) is 0 Å². The second kappa shape index (κ2) is 9.98. The maximum absolute atomic E-state index is 8.06. The summed E-state index contributed by atoms with van der Waals surface area (Å²) >= 11 is 0. The normalized spacial score (nSPS) is 20.0. The molecule has 3 N–H and O–H groups in total. The van der Waals surface area contributed by atoms with Crippen molar-refractivity contribution in [1.82, 2.24) is 16.0 Å². The quantitative estimate of drug-likeness (QED) is 0.335. The summed E-state index contributed by atoms with van der Waals surface area (Å²) in [6.45, 7) is 7.50. The fourth-order valence-corrected chi connectivity index (χ4v) is 0. The van der Waals surface area contributed by atoms with Gasteiger partial charge < -0.3 is 16.0 Å². The molecule has 0 aromatic rings. The Balaban J connectivity index is 0.000000124. The van der Waals surface area contributed by atoms with Crippen molar-refractivity contribution in [1.29, 1.82) is 0 Å². The Bertz CT molecular complexity index is 55.7. The maximum Gasteiger partial charge on any atom is 0.138 e. The van der Waals surface area contributed by atoms with Crippen LogP contribution in [-0.2, 0) is 4.57 Å². The first kappa shape index (κ1) is 11.0. The molecular weight excluding hydrogens is 161 g/mol. The molecule has 0 aliphatic carbocycles. The summed E-state index contributed by atoms with van der Waals surface area (Å²) in [6.07, 6.45) is 0. The zero-order chi connectivity index (χ0) is 8.36. The molecule has 11 heavy (non-hydrogen) atoms. The van der Waals surface area contributed by atoms with Crippen LogP contribution in [0.5, 0.6) is 0 Å². The molecule has 0 saturated carbocycles. The number of hydrogen-bond donors (Lipinski definition) is 3. The van der Waals surface area contributed by atoms with Gasteiger partial charge in [-0.15, -0.1) is 0 Å². The van der Waals surface area contributed by atoms with Crippen molar-refractivity contribution in [2.45, 2.75) is 0 Å². The first-order valence-electron chi connectivity index (χ1n) is 3.83. The molecule has 0 unspecified atom stereocenters.